The summed E-state index contributed by atoms with van der Waals surface area (Å²) in [6, 6.07) is 0. The third kappa shape index (κ3) is 3.79. The van der Waals surface area contributed by atoms with Gasteiger partial charge in [-0.15, -0.1) is 5.10 Å². The largest absolute Gasteiger partial charge is 0.378 e. The molecule has 1 amide bonds. The van der Waals surface area contributed by atoms with Crippen molar-refractivity contribution in [3.63, 3.8) is 0 Å². The van der Waals surface area contributed by atoms with Gasteiger partial charge in [0, 0.05) is 18.4 Å². The zero-order chi connectivity index (χ0) is 14.5. The molecule has 6 nitrogen and oxygen atoms in total. The summed E-state index contributed by atoms with van der Waals surface area (Å²) < 4.78 is 5.67. The SMILES string of the molecule is CCCC1CC(C(=O)Nc2n[nH]c(C(C)C)n2)CCO1. The summed E-state index contributed by atoms with van der Waals surface area (Å²) in [6.07, 6.45) is 3.87. The van der Waals surface area contributed by atoms with E-state index in [4.69, 9.17) is 4.74 Å². The average molecular weight is 280 g/mol. The predicted molar refractivity (Wildman–Crippen MR) is 76.5 cm³/mol. The Bertz CT molecular complexity index is 442. The highest BCUT2D eigenvalue weighted by atomic mass is 16.5. The number of amides is 1. The van der Waals surface area contributed by atoms with Crippen LogP contribution in [-0.4, -0.2) is 33.8 Å². The fraction of sp³-hybridized carbons (Fsp3) is 0.786. The second-order valence-corrected chi connectivity index (χ2v) is 5.69. The molecule has 1 aromatic heterocycles. The lowest BCUT2D eigenvalue weighted by Gasteiger charge is -2.28. The monoisotopic (exact) mass is 280 g/mol. The van der Waals surface area contributed by atoms with Gasteiger partial charge in [-0.1, -0.05) is 27.2 Å². The third-order valence-electron chi connectivity index (χ3n) is 3.63. The number of nitrogens with one attached hydrogen (secondary N) is 2. The first-order chi connectivity index (χ1) is 9.60. The van der Waals surface area contributed by atoms with Crippen LogP contribution >= 0.6 is 0 Å². The van der Waals surface area contributed by atoms with Gasteiger partial charge < -0.3 is 4.74 Å². The minimum atomic E-state index is 0.00120. The Morgan fingerprint density at radius 2 is 2.35 bits per heavy atom. The van der Waals surface area contributed by atoms with E-state index in [1.54, 1.807) is 0 Å². The molecule has 0 aliphatic carbocycles. The number of H-pyrrole nitrogens is 1. The van der Waals surface area contributed by atoms with Crippen LogP contribution in [0, 0.1) is 5.92 Å². The van der Waals surface area contributed by atoms with Crippen LogP contribution < -0.4 is 5.32 Å². The molecule has 1 aromatic rings. The molecular formula is C14H24N4O2. The van der Waals surface area contributed by atoms with Gasteiger partial charge in [0.2, 0.25) is 11.9 Å². The van der Waals surface area contributed by atoms with E-state index in [1.165, 1.54) is 0 Å². The standard InChI is InChI=1S/C14H24N4O2/c1-4-5-11-8-10(6-7-20-11)13(19)16-14-15-12(9(2)3)17-18-14/h9-11H,4-8H2,1-3H3,(H2,15,16,17,18,19). The Hall–Kier alpha value is -1.43. The second kappa shape index (κ2) is 6.83. The molecule has 20 heavy (non-hydrogen) atoms. The zero-order valence-electron chi connectivity index (χ0n) is 12.5. The van der Waals surface area contributed by atoms with Crippen molar-refractivity contribution < 1.29 is 9.53 Å². The molecule has 2 heterocycles. The molecule has 2 rings (SSSR count). The molecule has 6 heteroatoms. The van der Waals surface area contributed by atoms with Crippen molar-refractivity contribution in [3.8, 4) is 0 Å². The molecule has 0 aromatic carbocycles. The number of aromatic nitrogens is 3. The fourth-order valence-electron chi connectivity index (χ4n) is 2.44. The maximum Gasteiger partial charge on any atom is 0.248 e. The number of hydrogen-bond donors (Lipinski definition) is 2. The van der Waals surface area contributed by atoms with Gasteiger partial charge in [-0.2, -0.15) is 4.98 Å². The van der Waals surface area contributed by atoms with Crippen molar-refractivity contribution in [2.24, 2.45) is 5.92 Å². The molecule has 0 saturated carbocycles. The van der Waals surface area contributed by atoms with Gasteiger partial charge in [-0.3, -0.25) is 15.2 Å². The first kappa shape index (κ1) is 15.0. The molecular weight excluding hydrogens is 256 g/mol. The summed E-state index contributed by atoms with van der Waals surface area (Å²) >= 11 is 0. The lowest BCUT2D eigenvalue weighted by molar-refractivity contribution is -0.125. The van der Waals surface area contributed by atoms with Gasteiger partial charge in [0.1, 0.15) is 5.82 Å². The quantitative estimate of drug-likeness (QED) is 0.868. The molecule has 2 unspecified atom stereocenters. The number of hydrogen-bond acceptors (Lipinski definition) is 4. The van der Waals surface area contributed by atoms with Crippen LogP contribution in [0.5, 0.6) is 0 Å². The lowest BCUT2D eigenvalue weighted by atomic mass is 9.93. The Morgan fingerprint density at radius 1 is 1.55 bits per heavy atom. The molecule has 2 atom stereocenters. The van der Waals surface area contributed by atoms with Crippen molar-refractivity contribution in [2.75, 3.05) is 11.9 Å². The van der Waals surface area contributed by atoms with Crippen molar-refractivity contribution in [3.05, 3.63) is 5.82 Å². The molecule has 0 radical (unpaired) electrons. The van der Waals surface area contributed by atoms with Gasteiger partial charge in [0.05, 0.1) is 6.10 Å². The lowest BCUT2D eigenvalue weighted by Crippen LogP contribution is -2.33. The summed E-state index contributed by atoms with van der Waals surface area (Å²) in [5, 5.41) is 9.67. The molecule has 1 saturated heterocycles. The Kier molecular flexibility index (Phi) is 5.11. The summed E-state index contributed by atoms with van der Waals surface area (Å²) in [7, 11) is 0. The summed E-state index contributed by atoms with van der Waals surface area (Å²) in [4.78, 5) is 16.5. The smallest absolute Gasteiger partial charge is 0.248 e. The van der Waals surface area contributed by atoms with Crippen LogP contribution in [0.2, 0.25) is 0 Å². The second-order valence-electron chi connectivity index (χ2n) is 5.69. The highest BCUT2D eigenvalue weighted by Crippen LogP contribution is 2.24. The average Bonchev–Trinajstić information content (AvgIpc) is 2.88. The van der Waals surface area contributed by atoms with Crippen molar-refractivity contribution in [1.82, 2.24) is 15.2 Å². The van der Waals surface area contributed by atoms with Gasteiger partial charge in [-0.05, 0) is 19.3 Å². The van der Waals surface area contributed by atoms with E-state index in [0.29, 0.717) is 12.6 Å². The normalized spacial score (nSPS) is 23.0. The minimum Gasteiger partial charge on any atom is -0.378 e. The molecule has 1 aliphatic rings. The molecule has 2 N–H and O–H groups in total. The Balaban J connectivity index is 1.90. The summed E-state index contributed by atoms with van der Waals surface area (Å²) in [6.45, 7) is 6.85. The van der Waals surface area contributed by atoms with E-state index in [2.05, 4.69) is 27.4 Å². The number of carbonyl (C=O) groups is 1. The third-order valence-corrected chi connectivity index (χ3v) is 3.63. The molecule has 112 valence electrons. The number of rotatable bonds is 5. The van der Waals surface area contributed by atoms with Crippen LogP contribution in [0.4, 0.5) is 5.95 Å². The molecule has 1 fully saturated rings. The number of carbonyl (C=O) groups excluding carboxylic acids is 1. The number of nitrogens with zero attached hydrogens (tertiary/aromatic N) is 2. The van der Waals surface area contributed by atoms with Crippen LogP contribution in [-0.2, 0) is 9.53 Å². The maximum atomic E-state index is 12.2. The Morgan fingerprint density at radius 3 is 3.00 bits per heavy atom. The fourth-order valence-corrected chi connectivity index (χ4v) is 2.44. The van der Waals surface area contributed by atoms with Crippen molar-refractivity contribution in [2.45, 2.75) is 58.5 Å². The number of ether oxygens (including phenoxy) is 1. The van der Waals surface area contributed by atoms with E-state index < -0.39 is 0 Å². The van der Waals surface area contributed by atoms with Crippen LogP contribution in [0.15, 0.2) is 0 Å². The van der Waals surface area contributed by atoms with Crippen LogP contribution in [0.25, 0.3) is 0 Å². The number of anilines is 1. The Labute approximate surface area is 119 Å². The van der Waals surface area contributed by atoms with E-state index >= 15 is 0 Å². The van der Waals surface area contributed by atoms with Gasteiger partial charge in [0.25, 0.3) is 0 Å². The van der Waals surface area contributed by atoms with Gasteiger partial charge in [-0.25, -0.2) is 0 Å². The van der Waals surface area contributed by atoms with E-state index in [9.17, 15) is 4.79 Å². The van der Waals surface area contributed by atoms with E-state index in [-0.39, 0.29) is 23.8 Å². The van der Waals surface area contributed by atoms with Gasteiger partial charge >= 0.3 is 0 Å². The molecule has 1 aliphatic heterocycles. The van der Waals surface area contributed by atoms with Gasteiger partial charge in [0.15, 0.2) is 0 Å². The van der Waals surface area contributed by atoms with Crippen molar-refractivity contribution in [1.29, 1.82) is 0 Å². The topological polar surface area (TPSA) is 79.9 Å². The van der Waals surface area contributed by atoms with E-state index in [0.717, 1.165) is 31.5 Å². The van der Waals surface area contributed by atoms with Crippen LogP contribution in [0.3, 0.4) is 0 Å². The number of aromatic amines is 1. The maximum absolute atomic E-state index is 12.2. The molecule has 0 bridgehead atoms. The molecule has 0 spiro atoms. The highest BCUT2D eigenvalue weighted by molar-refractivity contribution is 5.90. The highest BCUT2D eigenvalue weighted by Gasteiger charge is 2.28. The predicted octanol–water partition coefficient (Wildman–Crippen LogP) is 2.46. The first-order valence-corrected chi connectivity index (χ1v) is 7.45. The first-order valence-electron chi connectivity index (χ1n) is 7.45. The summed E-state index contributed by atoms with van der Waals surface area (Å²) in [5.41, 5.74) is 0. The minimum absolute atomic E-state index is 0.00120. The van der Waals surface area contributed by atoms with E-state index in [1.807, 2.05) is 13.8 Å². The summed E-state index contributed by atoms with van der Waals surface area (Å²) in [5.74, 6) is 1.43. The zero-order valence-corrected chi connectivity index (χ0v) is 12.5. The van der Waals surface area contributed by atoms with Crippen molar-refractivity contribution >= 4 is 11.9 Å². The van der Waals surface area contributed by atoms with Crippen LogP contribution in [0.1, 0.15) is 58.2 Å².